The fourth-order valence-electron chi connectivity index (χ4n) is 4.21. The highest BCUT2D eigenvalue weighted by molar-refractivity contribution is 5.78. The van der Waals surface area contributed by atoms with Crippen LogP contribution in [-0.2, 0) is 0 Å². The molecule has 0 aliphatic heterocycles. The van der Waals surface area contributed by atoms with E-state index >= 15 is 0 Å². The number of para-hydroxylation sites is 2. The minimum absolute atomic E-state index is 0.924. The van der Waals surface area contributed by atoms with Crippen LogP contribution >= 0.6 is 0 Å². The topological polar surface area (TPSA) is 6.48 Å². The van der Waals surface area contributed by atoms with Crippen LogP contribution in [0.4, 0.5) is 22.7 Å². The third-order valence-corrected chi connectivity index (χ3v) is 5.64. The van der Waals surface area contributed by atoms with Gasteiger partial charge in [0.1, 0.15) is 0 Å². The lowest BCUT2D eigenvalue weighted by atomic mass is 10.1. The van der Waals surface area contributed by atoms with Crippen molar-refractivity contribution < 1.29 is 0 Å². The summed E-state index contributed by atoms with van der Waals surface area (Å²) in [5, 5.41) is 0. The molecular weight excluding hydrogens is 424 g/mol. The van der Waals surface area contributed by atoms with Crippen molar-refractivity contribution in [3.8, 4) is 12.3 Å². The fraction of sp³-hybridized carbons (Fsp3) is 0.0909. The van der Waals surface area contributed by atoms with Gasteiger partial charge in [0.05, 0.1) is 5.70 Å². The van der Waals surface area contributed by atoms with Crippen LogP contribution in [0.1, 0.15) is 18.9 Å². The van der Waals surface area contributed by atoms with Crippen LogP contribution in [0.3, 0.4) is 0 Å². The maximum Gasteiger partial charge on any atom is 0.0541 e. The van der Waals surface area contributed by atoms with Crippen LogP contribution in [0.5, 0.6) is 0 Å². The highest BCUT2D eigenvalue weighted by Gasteiger charge is 2.18. The number of terminal acetylenes is 1. The van der Waals surface area contributed by atoms with Gasteiger partial charge in [0.2, 0.25) is 0 Å². The standard InChI is InChI=1S/C33H30N2/c1-4-16-28(17-5-2)34(29-20-12-8-13-21-29)32-24-27(3)25-33(26-32)35(31-22-14-9-15-23-31)30-18-10-6-7-11-19-30/h1,5-6,8-26H,7H2,2-3H3/b17-5-,28-16+. The molecule has 0 N–H and O–H groups in total. The van der Waals surface area contributed by atoms with Gasteiger partial charge in [-0.2, -0.15) is 0 Å². The van der Waals surface area contributed by atoms with E-state index in [2.05, 4.69) is 108 Å². The van der Waals surface area contributed by atoms with Crippen LogP contribution < -0.4 is 9.80 Å². The van der Waals surface area contributed by atoms with Crippen molar-refractivity contribution >= 4 is 22.7 Å². The minimum atomic E-state index is 0.924. The normalized spacial score (nSPS) is 13.3. The van der Waals surface area contributed by atoms with E-state index in [0.717, 1.165) is 46.1 Å². The Labute approximate surface area is 209 Å². The molecule has 0 heterocycles. The molecule has 0 aromatic heterocycles. The van der Waals surface area contributed by atoms with E-state index in [0.29, 0.717) is 0 Å². The third kappa shape index (κ3) is 5.72. The molecule has 0 unspecified atom stereocenters. The molecule has 0 saturated heterocycles. The van der Waals surface area contributed by atoms with Crippen LogP contribution in [0.15, 0.2) is 139 Å². The predicted octanol–water partition coefficient (Wildman–Crippen LogP) is 8.76. The van der Waals surface area contributed by atoms with E-state index in [4.69, 9.17) is 6.42 Å². The quantitative estimate of drug-likeness (QED) is 0.260. The van der Waals surface area contributed by atoms with Crippen molar-refractivity contribution in [3.63, 3.8) is 0 Å². The Hall–Kier alpha value is -4.48. The van der Waals surface area contributed by atoms with Crippen molar-refractivity contribution in [1.29, 1.82) is 0 Å². The van der Waals surface area contributed by atoms with Crippen LogP contribution in [-0.4, -0.2) is 0 Å². The Kier molecular flexibility index (Phi) is 7.84. The summed E-state index contributed by atoms with van der Waals surface area (Å²) in [6, 6.07) is 27.5. The van der Waals surface area contributed by atoms with Gasteiger partial charge in [-0.15, -0.1) is 6.42 Å². The van der Waals surface area contributed by atoms with Gasteiger partial charge in [0.25, 0.3) is 0 Å². The van der Waals surface area contributed by atoms with Crippen LogP contribution in [0, 0.1) is 19.3 Å². The average molecular weight is 455 g/mol. The second-order valence-corrected chi connectivity index (χ2v) is 8.26. The third-order valence-electron chi connectivity index (χ3n) is 5.64. The Morgan fingerprint density at radius 3 is 2.23 bits per heavy atom. The van der Waals surface area contributed by atoms with Gasteiger partial charge >= 0.3 is 0 Å². The maximum atomic E-state index is 5.73. The molecule has 0 radical (unpaired) electrons. The SMILES string of the molecule is C#C/C=C(\C=C/C)N(c1ccccc1)c1cc(C)cc(N(C2=CC=CCC=C2)c2ccccc2)c1. The summed E-state index contributed by atoms with van der Waals surface area (Å²) in [6.45, 7) is 4.14. The number of allylic oxidation sites excluding steroid dienone is 8. The van der Waals surface area contributed by atoms with Gasteiger partial charge in [-0.1, -0.05) is 66.6 Å². The Balaban J connectivity index is 1.92. The Morgan fingerprint density at radius 2 is 1.54 bits per heavy atom. The molecule has 2 heteroatoms. The van der Waals surface area contributed by atoms with Gasteiger partial charge in [-0.25, -0.2) is 0 Å². The van der Waals surface area contributed by atoms with Crippen molar-refractivity contribution in [3.05, 3.63) is 144 Å². The summed E-state index contributed by atoms with van der Waals surface area (Å²) in [6.07, 6.45) is 23.4. The molecule has 0 spiro atoms. The molecule has 0 amide bonds. The number of nitrogens with zero attached hydrogens (tertiary/aromatic N) is 2. The van der Waals surface area contributed by atoms with E-state index in [-0.39, 0.29) is 0 Å². The van der Waals surface area contributed by atoms with Crippen molar-refractivity contribution in [1.82, 2.24) is 0 Å². The van der Waals surface area contributed by atoms with Gasteiger partial charge in [0, 0.05) is 34.5 Å². The van der Waals surface area contributed by atoms with Gasteiger partial charge in [-0.3, -0.25) is 0 Å². The second kappa shape index (κ2) is 11.6. The molecular formula is C33H30N2. The first-order chi connectivity index (χ1) is 17.2. The summed E-state index contributed by atoms with van der Waals surface area (Å²) in [5.41, 5.74) is 7.48. The largest absolute Gasteiger partial charge is 0.310 e. The zero-order valence-corrected chi connectivity index (χ0v) is 20.3. The molecule has 3 aromatic rings. The first-order valence-corrected chi connectivity index (χ1v) is 11.9. The highest BCUT2D eigenvalue weighted by Crippen LogP contribution is 2.38. The van der Waals surface area contributed by atoms with E-state index < -0.39 is 0 Å². The Bertz CT molecular complexity index is 1330. The summed E-state index contributed by atoms with van der Waals surface area (Å²) >= 11 is 0. The molecule has 0 bridgehead atoms. The first kappa shape index (κ1) is 23.7. The molecule has 1 aliphatic rings. The van der Waals surface area contributed by atoms with Crippen LogP contribution in [0.25, 0.3) is 0 Å². The van der Waals surface area contributed by atoms with Crippen LogP contribution in [0.2, 0.25) is 0 Å². The molecule has 1 aliphatic carbocycles. The summed E-state index contributed by atoms with van der Waals surface area (Å²) < 4.78 is 0. The van der Waals surface area contributed by atoms with Gasteiger partial charge in [0.15, 0.2) is 0 Å². The Morgan fingerprint density at radius 1 is 0.857 bits per heavy atom. The summed E-state index contributed by atoms with van der Waals surface area (Å²) in [4.78, 5) is 4.50. The highest BCUT2D eigenvalue weighted by atomic mass is 15.2. The molecule has 2 nitrogen and oxygen atoms in total. The van der Waals surface area contributed by atoms with Crippen molar-refractivity contribution in [2.75, 3.05) is 9.80 Å². The van der Waals surface area contributed by atoms with Crippen molar-refractivity contribution in [2.24, 2.45) is 0 Å². The van der Waals surface area contributed by atoms with Gasteiger partial charge < -0.3 is 9.80 Å². The smallest absolute Gasteiger partial charge is 0.0541 e. The summed E-state index contributed by atoms with van der Waals surface area (Å²) in [7, 11) is 0. The summed E-state index contributed by atoms with van der Waals surface area (Å²) in [5.74, 6) is 2.72. The second-order valence-electron chi connectivity index (χ2n) is 8.26. The van der Waals surface area contributed by atoms with Gasteiger partial charge in [-0.05, 0) is 86.5 Å². The number of anilines is 4. The van der Waals surface area contributed by atoms with E-state index in [1.54, 1.807) is 0 Å². The minimum Gasteiger partial charge on any atom is -0.310 e. The molecule has 0 atom stereocenters. The monoisotopic (exact) mass is 454 g/mol. The van der Waals surface area contributed by atoms with E-state index in [1.165, 1.54) is 0 Å². The van der Waals surface area contributed by atoms with E-state index in [1.807, 2.05) is 49.4 Å². The maximum absolute atomic E-state index is 5.73. The predicted molar refractivity (Wildman–Crippen MR) is 151 cm³/mol. The first-order valence-electron chi connectivity index (χ1n) is 11.9. The number of hydrogen-bond acceptors (Lipinski definition) is 2. The van der Waals surface area contributed by atoms with Crippen molar-refractivity contribution in [2.45, 2.75) is 20.3 Å². The molecule has 0 fully saturated rings. The fourth-order valence-corrected chi connectivity index (χ4v) is 4.21. The molecule has 35 heavy (non-hydrogen) atoms. The lowest BCUT2D eigenvalue weighted by Crippen LogP contribution is -2.18. The zero-order valence-electron chi connectivity index (χ0n) is 20.3. The lowest BCUT2D eigenvalue weighted by Gasteiger charge is -2.30. The zero-order chi connectivity index (χ0) is 24.5. The molecule has 3 aromatic carbocycles. The number of aryl methyl sites for hydroxylation is 1. The number of rotatable bonds is 7. The number of benzene rings is 3. The molecule has 0 saturated carbocycles. The lowest BCUT2D eigenvalue weighted by molar-refractivity contribution is 1.17. The number of hydrogen-bond donors (Lipinski definition) is 0. The van der Waals surface area contributed by atoms with E-state index in [9.17, 15) is 0 Å². The molecule has 4 rings (SSSR count). The molecule has 172 valence electrons. The average Bonchev–Trinajstić information content (AvgIpc) is 3.15.